The molecule has 0 fully saturated rings. The van der Waals surface area contributed by atoms with Crippen LogP contribution < -0.4 is 9.62 Å². The zero-order chi connectivity index (χ0) is 20.8. The van der Waals surface area contributed by atoms with E-state index in [1.54, 1.807) is 24.0 Å². The number of carbonyl (C=O) groups excluding carboxylic acids is 1. The third-order valence-corrected chi connectivity index (χ3v) is 5.43. The molecule has 0 saturated carbocycles. The molecule has 0 aliphatic heterocycles. The van der Waals surface area contributed by atoms with Crippen LogP contribution in [0.15, 0.2) is 48.5 Å². The summed E-state index contributed by atoms with van der Waals surface area (Å²) in [6.45, 7) is 2.13. The highest BCUT2D eigenvalue weighted by Gasteiger charge is 2.22. The van der Waals surface area contributed by atoms with Gasteiger partial charge in [0.1, 0.15) is 23.7 Å². The Morgan fingerprint density at radius 1 is 1.34 bits per heavy atom. The molecule has 0 unspecified atom stereocenters. The second kappa shape index (κ2) is 9.52. The number of carbonyl (C=O) groups is 1. The Morgan fingerprint density at radius 2 is 2.10 bits per heavy atom. The van der Waals surface area contributed by atoms with E-state index in [1.165, 1.54) is 24.5 Å². The zero-order valence-corrected chi connectivity index (χ0v) is 17.3. The van der Waals surface area contributed by atoms with E-state index < -0.39 is 11.7 Å². The highest BCUT2D eigenvalue weighted by atomic mass is 32.2. The molecule has 0 aliphatic carbocycles. The molecule has 1 aromatic heterocycles. The summed E-state index contributed by atoms with van der Waals surface area (Å²) in [5, 5.41) is 9.49. The Morgan fingerprint density at radius 3 is 2.76 bits per heavy atom. The fourth-order valence-electron chi connectivity index (χ4n) is 2.65. The third-order valence-electron chi connectivity index (χ3n) is 4.00. The molecule has 0 saturated heterocycles. The minimum atomic E-state index is -0.534. The van der Waals surface area contributed by atoms with Crippen molar-refractivity contribution in [2.24, 2.45) is 0 Å². The molecule has 2 aromatic carbocycles. The molecule has 0 radical (unpaired) electrons. The smallest absolute Gasteiger partial charge is 0.282 e. The van der Waals surface area contributed by atoms with Crippen molar-refractivity contribution < 1.29 is 13.4 Å². The van der Waals surface area contributed by atoms with Gasteiger partial charge in [0.05, 0.1) is 31.0 Å². The number of hydrogen-bond acceptors (Lipinski definition) is 7. The number of hydrogen-bond donors (Lipinski definition) is 1. The Balaban J connectivity index is 2.02. The summed E-state index contributed by atoms with van der Waals surface area (Å²) in [6.07, 6.45) is 0. The molecule has 0 atom stereocenters. The molecule has 29 heavy (non-hydrogen) atoms. The van der Waals surface area contributed by atoms with E-state index in [4.69, 9.17) is 9.44 Å². The molecule has 9 heteroatoms. The fraction of sp³-hybridized carbons (Fsp3) is 0.150. The van der Waals surface area contributed by atoms with Crippen molar-refractivity contribution in [2.45, 2.75) is 13.5 Å². The molecule has 1 heterocycles. The minimum Gasteiger partial charge on any atom is -0.311 e. The van der Waals surface area contributed by atoms with E-state index in [2.05, 4.69) is 9.71 Å². The molecule has 1 amide bonds. The van der Waals surface area contributed by atoms with Gasteiger partial charge in [0.2, 0.25) is 0 Å². The summed E-state index contributed by atoms with van der Waals surface area (Å²) in [5.74, 6) is -0.925. The van der Waals surface area contributed by atoms with E-state index in [0.717, 1.165) is 17.8 Å². The maximum absolute atomic E-state index is 14.8. The average molecular weight is 429 g/mol. The van der Waals surface area contributed by atoms with Crippen LogP contribution in [0.1, 0.15) is 26.5 Å². The SMILES string of the molecule is COSNC(=O)c1nc(N(Cc2ccccc2)c2ccc(C#N)cc2F)sc1C. The average Bonchev–Trinajstić information content (AvgIpc) is 3.12. The number of aromatic nitrogens is 1. The van der Waals surface area contributed by atoms with Gasteiger partial charge in [-0.25, -0.2) is 9.37 Å². The minimum absolute atomic E-state index is 0.234. The second-order valence-corrected chi connectivity index (χ2v) is 7.82. The monoisotopic (exact) mass is 428 g/mol. The van der Waals surface area contributed by atoms with Crippen LogP contribution in [0.25, 0.3) is 0 Å². The van der Waals surface area contributed by atoms with Gasteiger partial charge in [-0.1, -0.05) is 30.3 Å². The van der Waals surface area contributed by atoms with Crippen molar-refractivity contribution in [3.8, 4) is 6.07 Å². The number of halogens is 1. The zero-order valence-electron chi connectivity index (χ0n) is 15.7. The first kappa shape index (κ1) is 20.8. The Hall–Kier alpha value is -2.93. The van der Waals surface area contributed by atoms with Crippen LogP contribution in [-0.4, -0.2) is 18.0 Å². The van der Waals surface area contributed by atoms with Crippen LogP contribution in [0.4, 0.5) is 15.2 Å². The summed E-state index contributed by atoms with van der Waals surface area (Å²) in [5.41, 5.74) is 1.71. The highest BCUT2D eigenvalue weighted by Crippen LogP contribution is 2.35. The topological polar surface area (TPSA) is 78.2 Å². The van der Waals surface area contributed by atoms with Crippen LogP contribution in [0.2, 0.25) is 0 Å². The lowest BCUT2D eigenvalue weighted by atomic mass is 10.1. The van der Waals surface area contributed by atoms with Crippen molar-refractivity contribution >= 4 is 40.3 Å². The molecule has 3 aromatic rings. The van der Waals surface area contributed by atoms with Gasteiger partial charge in [-0.2, -0.15) is 5.26 Å². The molecule has 3 rings (SSSR count). The number of thiazole rings is 1. The lowest BCUT2D eigenvalue weighted by Gasteiger charge is -2.23. The normalized spacial score (nSPS) is 10.4. The first-order valence-corrected chi connectivity index (χ1v) is 10.1. The van der Waals surface area contributed by atoms with E-state index in [9.17, 15) is 9.18 Å². The first-order valence-electron chi connectivity index (χ1n) is 8.52. The Labute approximate surface area is 176 Å². The van der Waals surface area contributed by atoms with Gasteiger partial charge in [-0.15, -0.1) is 11.3 Å². The largest absolute Gasteiger partial charge is 0.311 e. The van der Waals surface area contributed by atoms with Gasteiger partial charge < -0.3 is 9.08 Å². The number of nitriles is 1. The number of anilines is 2. The van der Waals surface area contributed by atoms with Crippen LogP contribution in [0.3, 0.4) is 0 Å². The van der Waals surface area contributed by atoms with E-state index in [-0.39, 0.29) is 16.9 Å². The van der Waals surface area contributed by atoms with Crippen LogP contribution in [0, 0.1) is 24.1 Å². The Kier molecular flexibility index (Phi) is 6.82. The first-order chi connectivity index (χ1) is 14.0. The standard InChI is InChI=1S/C20H17FN4O2S2/c1-13-18(19(26)24-29-27-2)23-20(28-13)25(12-14-6-4-3-5-7-14)17-9-8-15(11-22)10-16(17)21/h3-10H,12H2,1-2H3,(H,24,26). The number of amides is 1. The maximum Gasteiger partial charge on any atom is 0.282 e. The summed E-state index contributed by atoms with van der Waals surface area (Å²) in [6, 6.07) is 15.8. The molecule has 0 spiro atoms. The molecule has 0 bridgehead atoms. The van der Waals surface area contributed by atoms with Gasteiger partial charge in [-0.3, -0.25) is 9.52 Å². The highest BCUT2D eigenvalue weighted by molar-refractivity contribution is 7.93. The van der Waals surface area contributed by atoms with Crippen molar-refractivity contribution in [3.05, 3.63) is 76.0 Å². The van der Waals surface area contributed by atoms with E-state index in [1.807, 2.05) is 36.4 Å². The predicted octanol–water partition coefficient (Wildman–Crippen LogP) is 4.74. The number of benzene rings is 2. The molecule has 0 aliphatic rings. The van der Waals surface area contributed by atoms with Gasteiger partial charge in [0.25, 0.3) is 5.91 Å². The van der Waals surface area contributed by atoms with Gasteiger partial charge >= 0.3 is 0 Å². The summed E-state index contributed by atoms with van der Waals surface area (Å²) in [4.78, 5) is 19.2. The lowest BCUT2D eigenvalue weighted by Crippen LogP contribution is -2.20. The van der Waals surface area contributed by atoms with Gasteiger partial charge in [0.15, 0.2) is 5.13 Å². The molecule has 6 nitrogen and oxygen atoms in total. The number of nitrogens with one attached hydrogen (secondary N) is 1. The Bertz CT molecular complexity index is 1050. The van der Waals surface area contributed by atoms with Crippen LogP contribution in [0.5, 0.6) is 0 Å². The molecule has 148 valence electrons. The number of nitrogens with zero attached hydrogens (tertiary/aromatic N) is 3. The number of rotatable bonds is 7. The second-order valence-electron chi connectivity index (χ2n) is 5.93. The van der Waals surface area contributed by atoms with Crippen molar-refractivity contribution in [1.29, 1.82) is 5.26 Å². The fourth-order valence-corrected chi connectivity index (χ4v) is 3.83. The summed E-state index contributed by atoms with van der Waals surface area (Å²) in [7, 11) is 1.44. The van der Waals surface area contributed by atoms with Crippen molar-refractivity contribution in [1.82, 2.24) is 9.71 Å². The third kappa shape index (κ3) is 4.92. The summed E-state index contributed by atoms with van der Waals surface area (Å²) < 4.78 is 22.1. The van der Waals surface area contributed by atoms with E-state index >= 15 is 0 Å². The summed E-state index contributed by atoms with van der Waals surface area (Å²) >= 11 is 2.09. The molecular formula is C20H17FN4O2S2. The molecular weight excluding hydrogens is 411 g/mol. The van der Waals surface area contributed by atoms with Gasteiger partial charge in [-0.05, 0) is 30.7 Å². The van der Waals surface area contributed by atoms with Gasteiger partial charge in [0, 0.05) is 4.88 Å². The van der Waals surface area contributed by atoms with E-state index in [0.29, 0.717) is 16.6 Å². The quantitative estimate of drug-likeness (QED) is 0.433. The number of aryl methyl sites for hydroxylation is 1. The lowest BCUT2D eigenvalue weighted by molar-refractivity contribution is 0.0977. The predicted molar refractivity (Wildman–Crippen MR) is 112 cm³/mol. The molecule has 1 N–H and O–H groups in total. The van der Waals surface area contributed by atoms with Crippen molar-refractivity contribution in [2.75, 3.05) is 12.0 Å². The van der Waals surface area contributed by atoms with Crippen LogP contribution >= 0.6 is 23.6 Å². The van der Waals surface area contributed by atoms with Crippen molar-refractivity contribution in [3.63, 3.8) is 0 Å². The van der Waals surface area contributed by atoms with Crippen LogP contribution in [-0.2, 0) is 10.7 Å². The maximum atomic E-state index is 14.8.